The third kappa shape index (κ3) is 9.51. The Morgan fingerprint density at radius 2 is 1.49 bits per heavy atom. The Morgan fingerprint density at radius 3 is 2.04 bits per heavy atom. The van der Waals surface area contributed by atoms with Crippen molar-refractivity contribution in [1.82, 2.24) is 4.90 Å². The first-order valence-electron chi connectivity index (χ1n) is 18.5. The van der Waals surface area contributed by atoms with Gasteiger partial charge < -0.3 is 58.9 Å². The molecule has 14 heteroatoms. The van der Waals surface area contributed by atoms with Crippen LogP contribution < -0.4 is 0 Å². The van der Waals surface area contributed by atoms with Crippen molar-refractivity contribution in [2.24, 2.45) is 23.7 Å². The van der Waals surface area contributed by atoms with Crippen LogP contribution in [0, 0.1) is 23.7 Å². The summed E-state index contributed by atoms with van der Waals surface area (Å²) in [5, 5.41) is 57.6. The van der Waals surface area contributed by atoms with Crippen LogP contribution >= 0.6 is 0 Å². The Kier molecular flexibility index (Phi) is 14.7. The van der Waals surface area contributed by atoms with Gasteiger partial charge in [0.1, 0.15) is 29.7 Å². The molecule has 3 aliphatic heterocycles. The number of carbonyl (C=O) groups is 2. The molecule has 18 atom stereocenters. The van der Waals surface area contributed by atoms with E-state index in [9.17, 15) is 35.1 Å². The summed E-state index contributed by atoms with van der Waals surface area (Å²) in [6, 6.07) is -0.324. The van der Waals surface area contributed by atoms with Crippen molar-refractivity contribution in [3.05, 3.63) is 0 Å². The maximum atomic E-state index is 14.1. The maximum absolute atomic E-state index is 14.1. The number of nitrogens with zero attached hydrogens (tertiary/aromatic N) is 1. The molecule has 5 N–H and O–H groups in total. The summed E-state index contributed by atoms with van der Waals surface area (Å²) in [6.45, 7) is 16.3. The summed E-state index contributed by atoms with van der Waals surface area (Å²) in [7, 11) is 5.18. The van der Waals surface area contributed by atoms with Gasteiger partial charge in [-0.25, -0.2) is 0 Å². The van der Waals surface area contributed by atoms with Crippen molar-refractivity contribution in [3.8, 4) is 0 Å². The molecule has 51 heavy (non-hydrogen) atoms. The van der Waals surface area contributed by atoms with Crippen LogP contribution in [0.15, 0.2) is 0 Å². The van der Waals surface area contributed by atoms with E-state index in [0.29, 0.717) is 6.42 Å². The minimum Gasteiger partial charge on any atom is -0.459 e. The van der Waals surface area contributed by atoms with E-state index in [1.807, 2.05) is 25.9 Å². The Bertz CT molecular complexity index is 1170. The van der Waals surface area contributed by atoms with Crippen LogP contribution in [0.25, 0.3) is 0 Å². The number of hydrogen-bond acceptors (Lipinski definition) is 14. The summed E-state index contributed by atoms with van der Waals surface area (Å²) in [5.41, 5.74) is -4.84. The number of aliphatic hydroxyl groups excluding tert-OH is 3. The number of likely N-dealkylation sites (N-methyl/N-ethyl adjacent to an activating group) is 1. The molecule has 3 aliphatic rings. The first-order valence-corrected chi connectivity index (χ1v) is 18.5. The molecule has 0 aromatic heterocycles. The van der Waals surface area contributed by atoms with E-state index in [1.165, 1.54) is 27.9 Å². The van der Waals surface area contributed by atoms with Gasteiger partial charge in [-0.15, -0.1) is 0 Å². The molecule has 0 radical (unpaired) electrons. The molecule has 3 rings (SSSR count). The van der Waals surface area contributed by atoms with E-state index in [1.54, 1.807) is 41.5 Å². The number of carbonyl (C=O) groups excluding carboxylic acids is 2. The second-order valence-corrected chi connectivity index (χ2v) is 16.5. The van der Waals surface area contributed by atoms with E-state index in [4.69, 9.17) is 28.4 Å². The fourth-order valence-corrected chi connectivity index (χ4v) is 8.41. The lowest BCUT2D eigenvalue weighted by atomic mass is 9.74. The Hall–Kier alpha value is -1.30. The number of aliphatic hydroxyl groups is 5. The number of rotatable bonds is 7. The molecule has 0 aliphatic carbocycles. The molecule has 0 aromatic carbocycles. The molecule has 0 spiro atoms. The van der Waals surface area contributed by atoms with Gasteiger partial charge in [0.15, 0.2) is 12.6 Å². The maximum Gasteiger partial charge on any atom is 0.311 e. The predicted molar refractivity (Wildman–Crippen MR) is 186 cm³/mol. The van der Waals surface area contributed by atoms with Crippen LogP contribution in [0.5, 0.6) is 0 Å². The molecule has 0 amide bonds. The minimum absolute atomic E-state index is 0.0936. The van der Waals surface area contributed by atoms with E-state index in [2.05, 4.69) is 0 Å². The van der Waals surface area contributed by atoms with Crippen LogP contribution in [0.3, 0.4) is 0 Å². The normalized spacial score (nSPS) is 49.7. The van der Waals surface area contributed by atoms with Gasteiger partial charge in [-0.1, -0.05) is 27.7 Å². The molecule has 3 fully saturated rings. The molecule has 2 unspecified atom stereocenters. The number of ketones is 1. The number of hydrogen-bond donors (Lipinski definition) is 5. The van der Waals surface area contributed by atoms with Gasteiger partial charge in [0, 0.05) is 37.3 Å². The first-order chi connectivity index (χ1) is 23.4. The van der Waals surface area contributed by atoms with Crippen LogP contribution in [-0.4, -0.2) is 148 Å². The highest BCUT2D eigenvalue weighted by molar-refractivity contribution is 5.83. The number of esters is 1. The van der Waals surface area contributed by atoms with Gasteiger partial charge in [0.25, 0.3) is 0 Å². The topological polar surface area (TPSA) is 194 Å². The highest BCUT2D eigenvalue weighted by Crippen LogP contribution is 2.40. The number of Topliss-reactive ketones (excluding diaryl/α,β-unsaturated/α-hetero) is 1. The first kappa shape index (κ1) is 44.1. The lowest BCUT2D eigenvalue weighted by Crippen LogP contribution is -2.61. The second-order valence-electron chi connectivity index (χ2n) is 16.5. The monoisotopic (exact) mass is 733 g/mol. The van der Waals surface area contributed by atoms with Crippen molar-refractivity contribution < 1.29 is 63.5 Å². The Balaban J connectivity index is 2.18. The molecule has 0 bridgehead atoms. The Morgan fingerprint density at radius 1 is 0.882 bits per heavy atom. The zero-order chi connectivity index (χ0) is 39.0. The predicted octanol–water partition coefficient (Wildman–Crippen LogP) is 1.79. The highest BCUT2D eigenvalue weighted by Gasteiger charge is 2.53. The largest absolute Gasteiger partial charge is 0.459 e. The van der Waals surface area contributed by atoms with Crippen LogP contribution in [0.2, 0.25) is 0 Å². The molecule has 3 saturated heterocycles. The molecule has 3 heterocycles. The smallest absolute Gasteiger partial charge is 0.311 e. The van der Waals surface area contributed by atoms with Crippen LogP contribution in [0.4, 0.5) is 0 Å². The van der Waals surface area contributed by atoms with Gasteiger partial charge >= 0.3 is 5.97 Å². The van der Waals surface area contributed by atoms with Crippen molar-refractivity contribution >= 4 is 11.8 Å². The summed E-state index contributed by atoms with van der Waals surface area (Å²) in [6.07, 6.45) is -9.71. The van der Waals surface area contributed by atoms with Gasteiger partial charge in [-0.2, -0.15) is 0 Å². The lowest BCUT2D eigenvalue weighted by Gasteiger charge is -2.49. The average molecular weight is 734 g/mol. The highest BCUT2D eigenvalue weighted by atomic mass is 16.7. The third-order valence-corrected chi connectivity index (χ3v) is 11.8. The van der Waals surface area contributed by atoms with Gasteiger partial charge in [0.2, 0.25) is 0 Å². The van der Waals surface area contributed by atoms with Crippen molar-refractivity contribution in [2.45, 2.75) is 179 Å². The number of methoxy groups -OCH3 is 1. The van der Waals surface area contributed by atoms with E-state index >= 15 is 0 Å². The number of cyclic esters (lactones) is 1. The van der Waals surface area contributed by atoms with Gasteiger partial charge in [0.05, 0.1) is 47.6 Å². The Labute approximate surface area is 304 Å². The summed E-state index contributed by atoms with van der Waals surface area (Å²) >= 11 is 0. The molecule has 0 aromatic rings. The molecule has 298 valence electrons. The lowest BCUT2D eigenvalue weighted by molar-refractivity contribution is -0.318. The summed E-state index contributed by atoms with van der Waals surface area (Å²) < 4.78 is 37.1. The van der Waals surface area contributed by atoms with E-state index in [0.717, 1.165) is 0 Å². The summed E-state index contributed by atoms with van der Waals surface area (Å²) in [5.74, 6) is -4.98. The van der Waals surface area contributed by atoms with Gasteiger partial charge in [-0.05, 0) is 74.9 Å². The van der Waals surface area contributed by atoms with Crippen LogP contribution in [-0.2, 0) is 38.0 Å². The second kappa shape index (κ2) is 17.0. The molecular weight excluding hydrogens is 666 g/mol. The van der Waals surface area contributed by atoms with Crippen molar-refractivity contribution in [3.63, 3.8) is 0 Å². The zero-order valence-corrected chi connectivity index (χ0v) is 32.9. The standard InChI is InChI=1S/C37H67NO13/c1-14-25-37(10,45)30(41)20(4)27(39)18(2)16-35(8,44)32(51-34-28(40)24(38(11)12)15-19(3)47-34)21(5)29(22(6)33(43)49-25)50-26-17-36(9,46-13)31(42)23(7)48-26/h18-26,28-32,34,40-42,44-45H,14-17H2,1-13H3/t18-,19+,20?,21+,22+,23-,24-,25-,26-,28+,29+,30+,31-,32-,34-,35-,36+,37?/m0/s1. The quantitative estimate of drug-likeness (QED) is 0.238. The van der Waals surface area contributed by atoms with Crippen molar-refractivity contribution in [1.29, 1.82) is 0 Å². The summed E-state index contributed by atoms with van der Waals surface area (Å²) in [4.78, 5) is 29.8. The van der Waals surface area contributed by atoms with Crippen LogP contribution in [0.1, 0.15) is 94.9 Å². The third-order valence-electron chi connectivity index (χ3n) is 11.8. The molecule has 0 saturated carbocycles. The fourth-order valence-electron chi connectivity index (χ4n) is 8.41. The zero-order valence-electron chi connectivity index (χ0n) is 32.9. The van der Waals surface area contributed by atoms with E-state index < -0.39 is 108 Å². The molecule has 14 nitrogen and oxygen atoms in total. The average Bonchev–Trinajstić information content (AvgIpc) is 3.05. The SMILES string of the molecule is CC[C@@H]1OC(=O)[C@H](C)[C@H](O[C@H]2C[C@@](C)(OC)[C@@H](O)[C@H](C)O2)[C@@H](C)[C@H](O[C@@H]2O[C@H](C)C[C@H](N(C)C)[C@H]2O)[C@@](C)(O)C[C@H](C)C(=O)C(C)[C@@H](O)C1(C)O. The van der Waals surface area contributed by atoms with Gasteiger partial charge in [-0.3, -0.25) is 9.59 Å². The fraction of sp³-hybridized carbons (Fsp3) is 0.946. The molecular formula is C37H67NO13. The van der Waals surface area contributed by atoms with E-state index in [-0.39, 0.29) is 31.4 Å². The van der Waals surface area contributed by atoms with Crippen molar-refractivity contribution in [2.75, 3.05) is 21.2 Å². The minimum atomic E-state index is -1.99. The number of ether oxygens (including phenoxy) is 6.